The molecule has 0 saturated heterocycles. The molecule has 0 amide bonds. The van der Waals surface area contributed by atoms with Crippen LogP contribution < -0.4 is 0 Å². The van der Waals surface area contributed by atoms with E-state index in [4.69, 9.17) is 4.74 Å². The van der Waals surface area contributed by atoms with Crippen LogP contribution in [0.3, 0.4) is 0 Å². The summed E-state index contributed by atoms with van der Waals surface area (Å²) in [7, 11) is 0. The van der Waals surface area contributed by atoms with E-state index in [9.17, 15) is 9.18 Å². The second-order valence-electron chi connectivity index (χ2n) is 2.99. The van der Waals surface area contributed by atoms with Crippen LogP contribution in [-0.2, 0) is 4.74 Å². The van der Waals surface area contributed by atoms with Crippen molar-refractivity contribution in [3.8, 4) is 0 Å². The fourth-order valence-electron chi connectivity index (χ4n) is 1.32. The topological polar surface area (TPSA) is 55.0 Å². The van der Waals surface area contributed by atoms with Crippen molar-refractivity contribution in [1.29, 1.82) is 0 Å². The van der Waals surface area contributed by atoms with Crippen molar-refractivity contribution in [2.45, 2.75) is 6.92 Å². The second-order valence-corrected chi connectivity index (χ2v) is 2.99. The highest BCUT2D eigenvalue weighted by atomic mass is 19.1. The van der Waals surface area contributed by atoms with Gasteiger partial charge in [0.15, 0.2) is 0 Å². The summed E-state index contributed by atoms with van der Waals surface area (Å²) in [6.45, 7) is 2.04. The van der Waals surface area contributed by atoms with Gasteiger partial charge in [-0.15, -0.1) is 0 Å². The summed E-state index contributed by atoms with van der Waals surface area (Å²) in [4.78, 5) is 11.3. The molecule has 0 saturated carbocycles. The minimum Gasteiger partial charge on any atom is -0.462 e. The van der Waals surface area contributed by atoms with Crippen molar-refractivity contribution in [1.82, 2.24) is 10.2 Å². The third-order valence-corrected chi connectivity index (χ3v) is 2.02. The zero-order valence-corrected chi connectivity index (χ0v) is 8.08. The number of carbonyl (C=O) groups excluding carboxylic acids is 1. The van der Waals surface area contributed by atoms with Gasteiger partial charge in [0.1, 0.15) is 0 Å². The maximum atomic E-state index is 13.0. The lowest BCUT2D eigenvalue weighted by atomic mass is 10.2. The Morgan fingerprint density at radius 2 is 2.40 bits per heavy atom. The van der Waals surface area contributed by atoms with Crippen LogP contribution in [-0.4, -0.2) is 22.8 Å². The predicted molar refractivity (Wildman–Crippen MR) is 52.0 cm³/mol. The number of ether oxygens (including phenoxy) is 1. The van der Waals surface area contributed by atoms with Gasteiger partial charge in [0.25, 0.3) is 0 Å². The zero-order chi connectivity index (χ0) is 10.8. The number of benzene rings is 1. The van der Waals surface area contributed by atoms with E-state index in [2.05, 4.69) is 10.2 Å². The third-order valence-electron chi connectivity index (χ3n) is 2.02. The Bertz CT molecular complexity index is 507. The number of esters is 1. The molecule has 0 bridgehead atoms. The molecule has 2 rings (SSSR count). The van der Waals surface area contributed by atoms with Crippen LogP contribution in [0, 0.1) is 5.95 Å². The zero-order valence-electron chi connectivity index (χ0n) is 8.08. The summed E-state index contributed by atoms with van der Waals surface area (Å²) >= 11 is 0. The molecule has 0 atom stereocenters. The van der Waals surface area contributed by atoms with E-state index in [1.54, 1.807) is 6.92 Å². The van der Waals surface area contributed by atoms with Gasteiger partial charge in [0, 0.05) is 0 Å². The van der Waals surface area contributed by atoms with Gasteiger partial charge in [-0.3, -0.25) is 5.10 Å². The summed E-state index contributed by atoms with van der Waals surface area (Å²) in [6, 6.07) is 4.51. The maximum absolute atomic E-state index is 13.0. The first-order chi connectivity index (χ1) is 7.22. The molecule has 1 aromatic heterocycles. The van der Waals surface area contributed by atoms with E-state index in [1.807, 2.05) is 0 Å². The molecule has 0 radical (unpaired) electrons. The largest absolute Gasteiger partial charge is 0.462 e. The summed E-state index contributed by atoms with van der Waals surface area (Å²) < 4.78 is 17.8. The van der Waals surface area contributed by atoms with Crippen molar-refractivity contribution in [2.24, 2.45) is 0 Å². The average molecular weight is 208 g/mol. The fraction of sp³-hybridized carbons (Fsp3) is 0.200. The number of H-pyrrole nitrogens is 1. The number of nitrogens with zero attached hydrogens (tertiary/aromatic N) is 1. The molecule has 0 fully saturated rings. The number of hydrogen-bond acceptors (Lipinski definition) is 3. The fourth-order valence-corrected chi connectivity index (χ4v) is 1.32. The van der Waals surface area contributed by atoms with E-state index in [0.29, 0.717) is 23.1 Å². The van der Waals surface area contributed by atoms with Gasteiger partial charge in [-0.2, -0.15) is 9.49 Å². The van der Waals surface area contributed by atoms with Crippen LogP contribution >= 0.6 is 0 Å². The second kappa shape index (κ2) is 3.68. The van der Waals surface area contributed by atoms with Gasteiger partial charge in [0.2, 0.25) is 5.95 Å². The Morgan fingerprint density at radius 1 is 1.60 bits per heavy atom. The number of hydrogen-bond donors (Lipinski definition) is 1. The molecular formula is C10H9FN2O2. The highest BCUT2D eigenvalue weighted by Gasteiger charge is 2.10. The molecule has 0 unspecified atom stereocenters. The maximum Gasteiger partial charge on any atom is 0.338 e. The third kappa shape index (κ3) is 1.68. The smallest absolute Gasteiger partial charge is 0.338 e. The quantitative estimate of drug-likeness (QED) is 0.766. The number of aromatic amines is 1. The van der Waals surface area contributed by atoms with E-state index >= 15 is 0 Å². The van der Waals surface area contributed by atoms with Gasteiger partial charge >= 0.3 is 5.97 Å². The van der Waals surface area contributed by atoms with Crippen molar-refractivity contribution < 1.29 is 13.9 Å². The van der Waals surface area contributed by atoms with Crippen molar-refractivity contribution in [3.05, 3.63) is 29.7 Å². The number of aromatic nitrogens is 2. The monoisotopic (exact) mass is 208 g/mol. The van der Waals surface area contributed by atoms with Crippen molar-refractivity contribution in [3.63, 3.8) is 0 Å². The number of nitrogens with one attached hydrogen (secondary N) is 1. The molecule has 78 valence electrons. The molecule has 5 heteroatoms. The Hall–Kier alpha value is -1.91. The minimum absolute atomic E-state index is 0.311. The van der Waals surface area contributed by atoms with Crippen LogP contribution in [0.5, 0.6) is 0 Å². The highest BCUT2D eigenvalue weighted by molar-refractivity contribution is 5.94. The van der Waals surface area contributed by atoms with Gasteiger partial charge in [-0.05, 0) is 25.1 Å². The average Bonchev–Trinajstić information content (AvgIpc) is 2.60. The first-order valence-electron chi connectivity index (χ1n) is 4.53. The van der Waals surface area contributed by atoms with Crippen molar-refractivity contribution >= 4 is 16.9 Å². The van der Waals surface area contributed by atoms with Gasteiger partial charge in [-0.25, -0.2) is 4.79 Å². The minimum atomic E-state index is -0.500. The Balaban J connectivity index is 2.43. The molecule has 0 spiro atoms. The number of fused-ring (bicyclic) bond motifs is 1. The van der Waals surface area contributed by atoms with Crippen molar-refractivity contribution in [2.75, 3.05) is 6.61 Å². The first-order valence-corrected chi connectivity index (χ1v) is 4.53. The molecule has 1 aromatic carbocycles. The Morgan fingerprint density at radius 3 is 3.13 bits per heavy atom. The van der Waals surface area contributed by atoms with Crippen LogP contribution in [0.1, 0.15) is 17.3 Å². The highest BCUT2D eigenvalue weighted by Crippen LogP contribution is 2.16. The summed E-state index contributed by atoms with van der Waals surface area (Å²) in [5.74, 6) is -0.928. The molecule has 0 aliphatic heterocycles. The van der Waals surface area contributed by atoms with Gasteiger partial charge in [-0.1, -0.05) is 0 Å². The Kier molecular flexibility index (Phi) is 2.37. The van der Waals surface area contributed by atoms with E-state index in [1.165, 1.54) is 18.2 Å². The number of halogens is 1. The molecule has 4 nitrogen and oxygen atoms in total. The summed E-state index contributed by atoms with van der Waals surface area (Å²) in [6.07, 6.45) is 0. The summed E-state index contributed by atoms with van der Waals surface area (Å²) in [5, 5.41) is 6.28. The SMILES string of the molecule is CCOC(=O)c1ccc2c(F)[nH]nc2c1. The molecule has 1 N–H and O–H groups in total. The number of carbonyl (C=O) groups is 1. The molecule has 2 aromatic rings. The standard InChI is InChI=1S/C10H9FN2O2/c1-2-15-10(14)6-3-4-7-8(5-6)12-13-9(7)11/h3-5H,2H2,1H3,(H,12,13). The lowest BCUT2D eigenvalue weighted by Crippen LogP contribution is -2.04. The number of rotatable bonds is 2. The normalized spacial score (nSPS) is 10.5. The van der Waals surface area contributed by atoms with Gasteiger partial charge in [0.05, 0.1) is 23.1 Å². The molecule has 0 aliphatic rings. The lowest BCUT2D eigenvalue weighted by Gasteiger charge is -2.00. The first kappa shape index (κ1) is 9.64. The lowest BCUT2D eigenvalue weighted by molar-refractivity contribution is 0.0526. The molecule has 0 aliphatic carbocycles. The molecule has 1 heterocycles. The van der Waals surface area contributed by atoms with Crippen LogP contribution in [0.25, 0.3) is 10.9 Å². The van der Waals surface area contributed by atoms with E-state index in [0.717, 1.165) is 0 Å². The van der Waals surface area contributed by atoms with Gasteiger partial charge < -0.3 is 4.74 Å². The predicted octanol–water partition coefficient (Wildman–Crippen LogP) is 1.88. The van der Waals surface area contributed by atoms with E-state index in [-0.39, 0.29) is 0 Å². The van der Waals surface area contributed by atoms with Crippen LogP contribution in [0.2, 0.25) is 0 Å². The Labute approximate surface area is 85.0 Å². The molecule has 15 heavy (non-hydrogen) atoms. The van der Waals surface area contributed by atoms with Crippen LogP contribution in [0.4, 0.5) is 4.39 Å². The molecular weight excluding hydrogens is 199 g/mol. The van der Waals surface area contributed by atoms with E-state index < -0.39 is 11.9 Å². The summed E-state index contributed by atoms with van der Waals surface area (Å²) in [5.41, 5.74) is 0.786. The van der Waals surface area contributed by atoms with Crippen LogP contribution in [0.15, 0.2) is 18.2 Å².